The van der Waals surface area contributed by atoms with Crippen LogP contribution in [0.3, 0.4) is 0 Å². The molecule has 1 aliphatic rings. The third-order valence-corrected chi connectivity index (χ3v) is 4.43. The lowest BCUT2D eigenvalue weighted by Crippen LogP contribution is -2.42. The third-order valence-electron chi connectivity index (χ3n) is 4.43. The Kier molecular flexibility index (Phi) is 4.74. The van der Waals surface area contributed by atoms with Crippen LogP contribution in [-0.4, -0.2) is 35.6 Å². The van der Waals surface area contributed by atoms with Crippen LogP contribution in [0.25, 0.3) is 0 Å². The Bertz CT molecular complexity index is 569. The van der Waals surface area contributed by atoms with Crippen LogP contribution in [0.2, 0.25) is 0 Å². The van der Waals surface area contributed by atoms with Crippen LogP contribution in [0.5, 0.6) is 0 Å². The Balaban J connectivity index is 2.08. The number of carboxylic acid groups (broad SMARTS) is 1. The molecule has 5 heteroatoms. The van der Waals surface area contributed by atoms with Crippen molar-refractivity contribution in [2.45, 2.75) is 44.6 Å². The van der Waals surface area contributed by atoms with E-state index in [1.807, 2.05) is 12.1 Å². The fourth-order valence-corrected chi connectivity index (χ4v) is 2.99. The molecule has 120 valence electrons. The number of fused-ring (bicyclic) bond motifs is 1. The number of hydrogen-bond donors (Lipinski definition) is 2. The monoisotopic (exact) mass is 304 g/mol. The summed E-state index contributed by atoms with van der Waals surface area (Å²) in [6.07, 6.45) is 1.86. The molecule has 5 nitrogen and oxygen atoms in total. The predicted molar refractivity (Wildman–Crippen MR) is 84.9 cm³/mol. The molecule has 1 atom stereocenters. The van der Waals surface area contributed by atoms with Crippen molar-refractivity contribution < 1.29 is 14.7 Å². The number of carbonyl (C=O) groups excluding carboxylic acids is 1. The van der Waals surface area contributed by atoms with Crippen LogP contribution in [0.15, 0.2) is 24.3 Å². The summed E-state index contributed by atoms with van der Waals surface area (Å²) in [5.41, 5.74) is 2.56. The van der Waals surface area contributed by atoms with Crippen molar-refractivity contribution in [1.82, 2.24) is 10.2 Å². The van der Waals surface area contributed by atoms with Crippen molar-refractivity contribution in [3.63, 3.8) is 0 Å². The number of nitrogens with one attached hydrogen (secondary N) is 1. The van der Waals surface area contributed by atoms with Gasteiger partial charge in [-0.1, -0.05) is 38.1 Å². The summed E-state index contributed by atoms with van der Waals surface area (Å²) in [4.78, 5) is 24.2. The van der Waals surface area contributed by atoms with Crippen LogP contribution < -0.4 is 5.32 Å². The SMILES string of the molecule is CN(CCC(=O)O)C(=O)NC1CCC(C)(C)c2ccccc21. The molecule has 0 aromatic heterocycles. The average molecular weight is 304 g/mol. The highest BCUT2D eigenvalue weighted by Crippen LogP contribution is 2.41. The largest absolute Gasteiger partial charge is 0.481 e. The second kappa shape index (κ2) is 6.38. The number of benzene rings is 1. The molecule has 0 aliphatic heterocycles. The van der Waals surface area contributed by atoms with E-state index in [-0.39, 0.29) is 30.5 Å². The lowest BCUT2D eigenvalue weighted by Gasteiger charge is -2.37. The van der Waals surface area contributed by atoms with Crippen molar-refractivity contribution >= 4 is 12.0 Å². The van der Waals surface area contributed by atoms with Gasteiger partial charge in [0, 0.05) is 13.6 Å². The van der Waals surface area contributed by atoms with Gasteiger partial charge in [-0.3, -0.25) is 4.79 Å². The second-order valence-electron chi connectivity index (χ2n) is 6.58. The van der Waals surface area contributed by atoms with Gasteiger partial charge in [0.05, 0.1) is 12.5 Å². The van der Waals surface area contributed by atoms with E-state index in [0.29, 0.717) is 0 Å². The highest BCUT2D eigenvalue weighted by molar-refractivity contribution is 5.75. The first-order valence-electron chi connectivity index (χ1n) is 7.64. The molecular formula is C17H24N2O3. The Morgan fingerprint density at radius 2 is 2.05 bits per heavy atom. The maximum atomic E-state index is 12.2. The van der Waals surface area contributed by atoms with E-state index in [4.69, 9.17) is 5.11 Å². The van der Waals surface area contributed by atoms with Gasteiger partial charge in [-0.25, -0.2) is 4.79 Å². The maximum absolute atomic E-state index is 12.2. The van der Waals surface area contributed by atoms with E-state index < -0.39 is 5.97 Å². The van der Waals surface area contributed by atoms with Gasteiger partial charge in [-0.2, -0.15) is 0 Å². The number of nitrogens with zero attached hydrogens (tertiary/aromatic N) is 1. The number of hydrogen-bond acceptors (Lipinski definition) is 2. The summed E-state index contributed by atoms with van der Waals surface area (Å²) in [7, 11) is 1.62. The van der Waals surface area contributed by atoms with Gasteiger partial charge in [0.15, 0.2) is 0 Å². The number of amides is 2. The van der Waals surface area contributed by atoms with E-state index in [1.54, 1.807) is 7.05 Å². The number of urea groups is 1. The zero-order valence-electron chi connectivity index (χ0n) is 13.4. The van der Waals surface area contributed by atoms with Crippen LogP contribution in [0.1, 0.15) is 50.3 Å². The van der Waals surface area contributed by atoms with Crippen molar-refractivity contribution in [1.29, 1.82) is 0 Å². The molecule has 2 amide bonds. The standard InChI is InChI=1S/C17H24N2O3/c1-17(2)10-8-14(12-6-4-5-7-13(12)17)18-16(22)19(3)11-9-15(20)21/h4-7,14H,8-11H2,1-3H3,(H,18,22)(H,20,21). The first-order valence-corrected chi connectivity index (χ1v) is 7.64. The van der Waals surface area contributed by atoms with E-state index in [2.05, 4.69) is 31.3 Å². The molecule has 0 heterocycles. The minimum atomic E-state index is -0.899. The van der Waals surface area contributed by atoms with Gasteiger partial charge in [0.25, 0.3) is 0 Å². The molecule has 1 aromatic carbocycles. The molecule has 22 heavy (non-hydrogen) atoms. The highest BCUT2D eigenvalue weighted by atomic mass is 16.4. The average Bonchev–Trinajstić information content (AvgIpc) is 2.48. The minimum absolute atomic E-state index is 0.0102. The van der Waals surface area contributed by atoms with E-state index in [0.717, 1.165) is 12.8 Å². The summed E-state index contributed by atoms with van der Waals surface area (Å²) in [5.74, 6) is -0.899. The first-order chi connectivity index (χ1) is 10.3. The first kappa shape index (κ1) is 16.3. The summed E-state index contributed by atoms with van der Waals surface area (Å²) in [6.45, 7) is 4.66. The van der Waals surface area contributed by atoms with E-state index in [9.17, 15) is 9.59 Å². The number of carboxylic acids is 1. The Morgan fingerprint density at radius 1 is 1.36 bits per heavy atom. The normalized spacial score (nSPS) is 19.1. The third kappa shape index (κ3) is 3.59. The predicted octanol–water partition coefficient (Wildman–Crippen LogP) is 2.92. The molecule has 0 fully saturated rings. The quantitative estimate of drug-likeness (QED) is 0.898. The molecule has 1 aliphatic carbocycles. The molecule has 0 radical (unpaired) electrons. The molecule has 1 aromatic rings. The lowest BCUT2D eigenvalue weighted by molar-refractivity contribution is -0.137. The molecule has 2 rings (SSSR count). The van der Waals surface area contributed by atoms with Gasteiger partial charge >= 0.3 is 12.0 Å². The van der Waals surface area contributed by atoms with Crippen molar-refractivity contribution in [3.8, 4) is 0 Å². The molecule has 1 unspecified atom stereocenters. The fourth-order valence-electron chi connectivity index (χ4n) is 2.99. The molecule has 2 N–H and O–H groups in total. The van der Waals surface area contributed by atoms with E-state index in [1.165, 1.54) is 16.0 Å². The summed E-state index contributed by atoms with van der Waals surface area (Å²) in [5, 5.41) is 11.7. The number of carbonyl (C=O) groups is 2. The zero-order valence-corrected chi connectivity index (χ0v) is 13.4. The maximum Gasteiger partial charge on any atom is 0.317 e. The minimum Gasteiger partial charge on any atom is -0.481 e. The van der Waals surface area contributed by atoms with Gasteiger partial charge in [0.2, 0.25) is 0 Å². The Hall–Kier alpha value is -2.04. The number of rotatable bonds is 4. The van der Waals surface area contributed by atoms with Gasteiger partial charge < -0.3 is 15.3 Å². The van der Waals surface area contributed by atoms with Crippen LogP contribution >= 0.6 is 0 Å². The smallest absolute Gasteiger partial charge is 0.317 e. The molecule has 0 saturated heterocycles. The van der Waals surface area contributed by atoms with Crippen LogP contribution in [-0.2, 0) is 10.2 Å². The van der Waals surface area contributed by atoms with Crippen LogP contribution in [0, 0.1) is 0 Å². The van der Waals surface area contributed by atoms with Crippen LogP contribution in [0.4, 0.5) is 4.79 Å². The second-order valence-corrected chi connectivity index (χ2v) is 6.58. The highest BCUT2D eigenvalue weighted by Gasteiger charge is 2.33. The summed E-state index contributed by atoms with van der Waals surface area (Å²) < 4.78 is 0. The molecule has 0 spiro atoms. The summed E-state index contributed by atoms with van der Waals surface area (Å²) in [6, 6.07) is 7.99. The molecule has 0 bridgehead atoms. The lowest BCUT2D eigenvalue weighted by atomic mass is 9.71. The van der Waals surface area contributed by atoms with Crippen molar-refractivity contribution in [2.24, 2.45) is 0 Å². The van der Waals surface area contributed by atoms with Crippen molar-refractivity contribution in [3.05, 3.63) is 35.4 Å². The van der Waals surface area contributed by atoms with Gasteiger partial charge in [-0.05, 0) is 29.4 Å². The number of aliphatic carboxylic acids is 1. The Morgan fingerprint density at radius 3 is 2.73 bits per heavy atom. The van der Waals surface area contributed by atoms with Gasteiger partial charge in [0.1, 0.15) is 0 Å². The van der Waals surface area contributed by atoms with E-state index >= 15 is 0 Å². The topological polar surface area (TPSA) is 69.6 Å². The zero-order chi connectivity index (χ0) is 16.3. The molecule has 0 saturated carbocycles. The Labute approximate surface area is 131 Å². The van der Waals surface area contributed by atoms with Crippen molar-refractivity contribution in [2.75, 3.05) is 13.6 Å². The fraction of sp³-hybridized carbons (Fsp3) is 0.529. The molecular weight excluding hydrogens is 280 g/mol. The summed E-state index contributed by atoms with van der Waals surface area (Å²) >= 11 is 0. The van der Waals surface area contributed by atoms with Gasteiger partial charge in [-0.15, -0.1) is 0 Å².